The van der Waals surface area contributed by atoms with Crippen LogP contribution >= 0.6 is 0 Å². The first-order chi connectivity index (χ1) is 13.6. The van der Waals surface area contributed by atoms with E-state index in [0.29, 0.717) is 18.8 Å². The molecule has 28 heavy (non-hydrogen) atoms. The molecular formula is C22H25N5O. The summed E-state index contributed by atoms with van der Waals surface area (Å²) in [6, 6.07) is 16.7. The molecule has 6 heteroatoms. The number of aryl methyl sites for hydroxylation is 2. The minimum Gasteiger partial charge on any atom is -0.368 e. The highest BCUT2D eigenvalue weighted by Crippen LogP contribution is 2.18. The standard InChI is InChI=1S/C22H25N5O/c1-3-18-6-10-20(11-7-18)27-16-21(23-24-27)22(28)26-14-12-25(13-15-26)19-8-4-17(2)5-9-19/h4-11,16H,3,12-15H2,1-2H3. The van der Waals surface area contributed by atoms with Gasteiger partial charge in [0, 0.05) is 31.9 Å². The van der Waals surface area contributed by atoms with Gasteiger partial charge < -0.3 is 9.80 Å². The molecular weight excluding hydrogens is 350 g/mol. The van der Waals surface area contributed by atoms with E-state index >= 15 is 0 Å². The van der Waals surface area contributed by atoms with E-state index in [9.17, 15) is 4.79 Å². The van der Waals surface area contributed by atoms with Crippen molar-refractivity contribution in [3.8, 4) is 5.69 Å². The number of piperazine rings is 1. The Morgan fingerprint density at radius 2 is 1.57 bits per heavy atom. The van der Waals surface area contributed by atoms with Crippen molar-refractivity contribution in [2.45, 2.75) is 20.3 Å². The van der Waals surface area contributed by atoms with Crippen LogP contribution in [0, 0.1) is 6.92 Å². The van der Waals surface area contributed by atoms with Crippen LogP contribution in [0.1, 0.15) is 28.5 Å². The second-order valence-electron chi connectivity index (χ2n) is 7.18. The van der Waals surface area contributed by atoms with E-state index in [2.05, 4.69) is 65.5 Å². The van der Waals surface area contributed by atoms with Gasteiger partial charge in [0.2, 0.25) is 0 Å². The molecule has 3 aromatic rings. The van der Waals surface area contributed by atoms with Crippen LogP contribution in [-0.4, -0.2) is 52.0 Å². The first-order valence-corrected chi connectivity index (χ1v) is 9.76. The minimum atomic E-state index is -0.0556. The molecule has 0 aliphatic carbocycles. The van der Waals surface area contributed by atoms with E-state index in [0.717, 1.165) is 25.2 Å². The number of benzene rings is 2. The van der Waals surface area contributed by atoms with Crippen LogP contribution in [0.15, 0.2) is 54.7 Å². The third kappa shape index (κ3) is 3.76. The van der Waals surface area contributed by atoms with Crippen molar-refractivity contribution >= 4 is 11.6 Å². The molecule has 1 saturated heterocycles. The van der Waals surface area contributed by atoms with Gasteiger partial charge in [-0.05, 0) is 43.2 Å². The highest BCUT2D eigenvalue weighted by molar-refractivity contribution is 5.92. The number of hydrogen-bond donors (Lipinski definition) is 0. The van der Waals surface area contributed by atoms with Gasteiger partial charge in [-0.2, -0.15) is 0 Å². The molecule has 0 spiro atoms. The fraction of sp³-hybridized carbons (Fsp3) is 0.318. The molecule has 1 aromatic heterocycles. The van der Waals surface area contributed by atoms with Crippen LogP contribution in [0.4, 0.5) is 5.69 Å². The van der Waals surface area contributed by atoms with E-state index < -0.39 is 0 Å². The van der Waals surface area contributed by atoms with Crippen LogP contribution in [0.2, 0.25) is 0 Å². The number of hydrogen-bond acceptors (Lipinski definition) is 4. The van der Waals surface area contributed by atoms with Crippen molar-refractivity contribution in [3.63, 3.8) is 0 Å². The van der Waals surface area contributed by atoms with Gasteiger partial charge in [0.05, 0.1) is 11.9 Å². The fourth-order valence-corrected chi connectivity index (χ4v) is 3.46. The number of carbonyl (C=O) groups is 1. The summed E-state index contributed by atoms with van der Waals surface area (Å²) < 4.78 is 1.66. The highest BCUT2D eigenvalue weighted by Gasteiger charge is 2.24. The SMILES string of the molecule is CCc1ccc(-n2cc(C(=O)N3CCN(c4ccc(C)cc4)CC3)nn2)cc1. The zero-order chi connectivity index (χ0) is 19.5. The van der Waals surface area contributed by atoms with Crippen molar-refractivity contribution in [2.75, 3.05) is 31.1 Å². The molecule has 0 bridgehead atoms. The maximum absolute atomic E-state index is 12.8. The average molecular weight is 375 g/mol. The second-order valence-corrected chi connectivity index (χ2v) is 7.18. The van der Waals surface area contributed by atoms with Crippen molar-refractivity contribution in [1.29, 1.82) is 0 Å². The molecule has 144 valence electrons. The van der Waals surface area contributed by atoms with Gasteiger partial charge in [0.25, 0.3) is 5.91 Å². The minimum absolute atomic E-state index is 0.0556. The molecule has 6 nitrogen and oxygen atoms in total. The summed E-state index contributed by atoms with van der Waals surface area (Å²) >= 11 is 0. The molecule has 2 heterocycles. The van der Waals surface area contributed by atoms with Crippen molar-refractivity contribution in [2.24, 2.45) is 0 Å². The molecule has 0 N–H and O–H groups in total. The Bertz CT molecular complexity index is 938. The smallest absolute Gasteiger partial charge is 0.276 e. The normalized spacial score (nSPS) is 14.4. The van der Waals surface area contributed by atoms with Gasteiger partial charge in [-0.25, -0.2) is 4.68 Å². The quantitative estimate of drug-likeness (QED) is 0.703. The topological polar surface area (TPSA) is 54.3 Å². The Morgan fingerprint density at radius 3 is 2.21 bits per heavy atom. The predicted molar refractivity (Wildman–Crippen MR) is 110 cm³/mol. The van der Waals surface area contributed by atoms with Gasteiger partial charge >= 0.3 is 0 Å². The van der Waals surface area contributed by atoms with Crippen LogP contribution in [0.5, 0.6) is 0 Å². The van der Waals surface area contributed by atoms with E-state index in [4.69, 9.17) is 0 Å². The number of amides is 1. The molecule has 1 fully saturated rings. The molecule has 0 unspecified atom stereocenters. The van der Waals surface area contributed by atoms with Gasteiger partial charge in [-0.3, -0.25) is 4.79 Å². The first-order valence-electron chi connectivity index (χ1n) is 9.76. The summed E-state index contributed by atoms with van der Waals surface area (Å²) in [6.07, 6.45) is 2.71. The third-order valence-corrected chi connectivity index (χ3v) is 5.29. The fourth-order valence-electron chi connectivity index (χ4n) is 3.46. The predicted octanol–water partition coefficient (Wildman–Crippen LogP) is 3.10. The van der Waals surface area contributed by atoms with Crippen LogP contribution in [0.3, 0.4) is 0 Å². The van der Waals surface area contributed by atoms with Gasteiger partial charge in [0.1, 0.15) is 0 Å². The number of carbonyl (C=O) groups excluding carboxylic acids is 1. The Kier molecular flexibility index (Phi) is 5.10. The maximum atomic E-state index is 12.8. The lowest BCUT2D eigenvalue weighted by molar-refractivity contribution is 0.0741. The van der Waals surface area contributed by atoms with E-state index in [1.54, 1.807) is 10.9 Å². The number of aromatic nitrogens is 3. The summed E-state index contributed by atoms with van der Waals surface area (Å²) in [5, 5.41) is 8.24. The molecule has 1 amide bonds. The monoisotopic (exact) mass is 375 g/mol. The molecule has 2 aromatic carbocycles. The Balaban J connectivity index is 1.40. The van der Waals surface area contributed by atoms with Crippen molar-refractivity contribution in [1.82, 2.24) is 19.9 Å². The second kappa shape index (κ2) is 7.84. The van der Waals surface area contributed by atoms with E-state index in [1.165, 1.54) is 16.8 Å². The van der Waals surface area contributed by atoms with E-state index in [-0.39, 0.29) is 5.91 Å². The van der Waals surface area contributed by atoms with Crippen LogP contribution in [0.25, 0.3) is 5.69 Å². The van der Waals surface area contributed by atoms with Crippen LogP contribution < -0.4 is 4.90 Å². The third-order valence-electron chi connectivity index (χ3n) is 5.29. The zero-order valence-electron chi connectivity index (χ0n) is 16.4. The number of anilines is 1. The largest absolute Gasteiger partial charge is 0.368 e. The van der Waals surface area contributed by atoms with E-state index in [1.807, 2.05) is 17.0 Å². The lowest BCUT2D eigenvalue weighted by atomic mass is 10.1. The highest BCUT2D eigenvalue weighted by atomic mass is 16.2. The number of rotatable bonds is 4. The lowest BCUT2D eigenvalue weighted by Crippen LogP contribution is -2.48. The molecule has 0 radical (unpaired) electrons. The molecule has 1 aliphatic rings. The van der Waals surface area contributed by atoms with Gasteiger partial charge in [-0.1, -0.05) is 42.0 Å². The van der Waals surface area contributed by atoms with Crippen molar-refractivity contribution in [3.05, 3.63) is 71.5 Å². The summed E-state index contributed by atoms with van der Waals surface area (Å²) in [5.74, 6) is -0.0556. The van der Waals surface area contributed by atoms with Crippen LogP contribution in [-0.2, 0) is 6.42 Å². The maximum Gasteiger partial charge on any atom is 0.276 e. The lowest BCUT2D eigenvalue weighted by Gasteiger charge is -2.35. The summed E-state index contributed by atoms with van der Waals surface area (Å²) in [5.41, 5.74) is 5.03. The Hall–Kier alpha value is -3.15. The molecule has 0 saturated carbocycles. The molecule has 0 atom stereocenters. The Labute approximate surface area is 165 Å². The van der Waals surface area contributed by atoms with Gasteiger partial charge in [-0.15, -0.1) is 5.10 Å². The first kappa shape index (κ1) is 18.2. The van der Waals surface area contributed by atoms with Gasteiger partial charge in [0.15, 0.2) is 5.69 Å². The zero-order valence-corrected chi connectivity index (χ0v) is 16.4. The number of nitrogens with zero attached hydrogens (tertiary/aromatic N) is 5. The molecule has 1 aliphatic heterocycles. The summed E-state index contributed by atoms with van der Waals surface area (Å²) in [4.78, 5) is 17.0. The van der Waals surface area contributed by atoms with Crippen molar-refractivity contribution < 1.29 is 4.79 Å². The average Bonchev–Trinajstić information content (AvgIpc) is 3.24. The summed E-state index contributed by atoms with van der Waals surface area (Å²) in [6.45, 7) is 7.23. The summed E-state index contributed by atoms with van der Waals surface area (Å²) in [7, 11) is 0. The Morgan fingerprint density at radius 1 is 0.929 bits per heavy atom. The molecule has 4 rings (SSSR count).